The molecular formula is C13H17BrN2. The summed E-state index contributed by atoms with van der Waals surface area (Å²) in [5.41, 5.74) is 3.99. The van der Waals surface area contributed by atoms with Crippen molar-refractivity contribution in [3.8, 4) is 0 Å². The van der Waals surface area contributed by atoms with Gasteiger partial charge in [0.05, 0.1) is 11.4 Å². The number of hydrogen-bond acceptors (Lipinski definition) is 2. The molecular weight excluding hydrogens is 264 g/mol. The minimum atomic E-state index is 0.695. The fraction of sp³-hybridized carbons (Fsp3) is 0.538. The summed E-state index contributed by atoms with van der Waals surface area (Å²) < 4.78 is 1.24. The van der Waals surface area contributed by atoms with Crippen LogP contribution in [0.2, 0.25) is 0 Å². The zero-order chi connectivity index (χ0) is 11.1. The molecule has 86 valence electrons. The van der Waals surface area contributed by atoms with Crippen LogP contribution in [0.4, 0.5) is 11.4 Å². The van der Waals surface area contributed by atoms with Crippen LogP contribution >= 0.6 is 15.9 Å². The first kappa shape index (κ1) is 10.5. The van der Waals surface area contributed by atoms with Crippen LogP contribution in [0.15, 0.2) is 16.6 Å². The molecule has 1 aromatic rings. The monoisotopic (exact) mass is 280 g/mol. The van der Waals surface area contributed by atoms with E-state index in [9.17, 15) is 0 Å². The molecule has 0 aromatic heterocycles. The van der Waals surface area contributed by atoms with Gasteiger partial charge in [0.2, 0.25) is 0 Å². The molecule has 3 rings (SSSR count). The molecule has 0 bridgehead atoms. The van der Waals surface area contributed by atoms with Gasteiger partial charge in [-0.3, -0.25) is 0 Å². The van der Waals surface area contributed by atoms with E-state index in [1.54, 1.807) is 0 Å². The first-order valence-electron chi connectivity index (χ1n) is 6.06. The summed E-state index contributed by atoms with van der Waals surface area (Å²) in [6.45, 7) is 4.46. The number of anilines is 2. The Kier molecular flexibility index (Phi) is 2.58. The third-order valence-corrected chi connectivity index (χ3v) is 4.25. The largest absolute Gasteiger partial charge is 0.381 e. The molecule has 2 heterocycles. The molecule has 2 nitrogen and oxygen atoms in total. The summed E-state index contributed by atoms with van der Waals surface area (Å²) >= 11 is 3.71. The van der Waals surface area contributed by atoms with Crippen LogP contribution in [0.5, 0.6) is 0 Å². The average molecular weight is 281 g/mol. The van der Waals surface area contributed by atoms with Gasteiger partial charge in [0.1, 0.15) is 0 Å². The Labute approximate surface area is 105 Å². The van der Waals surface area contributed by atoms with Gasteiger partial charge in [0.15, 0.2) is 0 Å². The van der Waals surface area contributed by atoms with E-state index in [1.807, 2.05) is 0 Å². The van der Waals surface area contributed by atoms with Gasteiger partial charge in [0.25, 0.3) is 0 Å². The lowest BCUT2D eigenvalue weighted by molar-refractivity contribution is 0.465. The van der Waals surface area contributed by atoms with Gasteiger partial charge in [-0.1, -0.05) is 0 Å². The second-order valence-electron chi connectivity index (χ2n) is 4.87. The molecule has 0 saturated carbocycles. The highest BCUT2D eigenvalue weighted by molar-refractivity contribution is 9.10. The molecule has 1 saturated heterocycles. The summed E-state index contributed by atoms with van der Waals surface area (Å²) in [5, 5.41) is 3.57. The number of halogens is 1. The van der Waals surface area contributed by atoms with E-state index < -0.39 is 0 Å². The molecule has 0 spiro atoms. The van der Waals surface area contributed by atoms with E-state index in [1.165, 1.54) is 47.2 Å². The summed E-state index contributed by atoms with van der Waals surface area (Å²) in [6, 6.07) is 5.17. The third kappa shape index (κ3) is 1.61. The molecule has 1 unspecified atom stereocenters. The van der Waals surface area contributed by atoms with E-state index in [-0.39, 0.29) is 0 Å². The Morgan fingerprint density at radius 3 is 3.12 bits per heavy atom. The molecule has 1 fully saturated rings. The van der Waals surface area contributed by atoms with Gasteiger partial charge >= 0.3 is 0 Å². The van der Waals surface area contributed by atoms with Crippen molar-refractivity contribution in [2.45, 2.75) is 32.2 Å². The van der Waals surface area contributed by atoms with Crippen molar-refractivity contribution in [1.82, 2.24) is 0 Å². The molecule has 1 atom stereocenters. The third-order valence-electron chi connectivity index (χ3n) is 3.65. The first-order chi connectivity index (χ1) is 7.75. The van der Waals surface area contributed by atoms with Crippen LogP contribution in [0, 0.1) is 6.92 Å². The van der Waals surface area contributed by atoms with Gasteiger partial charge in [-0.25, -0.2) is 0 Å². The maximum Gasteiger partial charge on any atom is 0.0749 e. The predicted octanol–water partition coefficient (Wildman–Crippen LogP) is 3.54. The Balaban J connectivity index is 2.07. The molecule has 0 radical (unpaired) electrons. The van der Waals surface area contributed by atoms with E-state index in [0.29, 0.717) is 6.04 Å². The van der Waals surface area contributed by atoms with E-state index >= 15 is 0 Å². The summed E-state index contributed by atoms with van der Waals surface area (Å²) in [7, 11) is 0. The Morgan fingerprint density at radius 1 is 1.38 bits per heavy atom. The van der Waals surface area contributed by atoms with Crippen molar-refractivity contribution in [2.24, 2.45) is 0 Å². The van der Waals surface area contributed by atoms with Crippen molar-refractivity contribution in [1.29, 1.82) is 0 Å². The van der Waals surface area contributed by atoms with Gasteiger partial charge in [-0.15, -0.1) is 0 Å². The van der Waals surface area contributed by atoms with Crippen LogP contribution in [-0.2, 0) is 0 Å². The lowest BCUT2D eigenvalue weighted by Gasteiger charge is -2.43. The van der Waals surface area contributed by atoms with Crippen LogP contribution < -0.4 is 10.2 Å². The van der Waals surface area contributed by atoms with Crippen molar-refractivity contribution in [2.75, 3.05) is 23.3 Å². The fourth-order valence-electron chi connectivity index (χ4n) is 2.90. The van der Waals surface area contributed by atoms with Crippen molar-refractivity contribution < 1.29 is 0 Å². The van der Waals surface area contributed by atoms with Crippen molar-refractivity contribution in [3.63, 3.8) is 0 Å². The minimum Gasteiger partial charge on any atom is -0.381 e. The van der Waals surface area contributed by atoms with Crippen LogP contribution in [0.25, 0.3) is 0 Å². The summed E-state index contributed by atoms with van der Waals surface area (Å²) in [5.74, 6) is 0. The lowest BCUT2D eigenvalue weighted by Crippen LogP contribution is -2.47. The first-order valence-corrected chi connectivity index (χ1v) is 6.85. The molecule has 0 aliphatic carbocycles. The molecule has 2 aliphatic heterocycles. The Hall–Kier alpha value is -0.700. The number of benzene rings is 1. The van der Waals surface area contributed by atoms with Crippen LogP contribution in [0.3, 0.4) is 0 Å². The zero-order valence-electron chi connectivity index (χ0n) is 9.59. The zero-order valence-corrected chi connectivity index (χ0v) is 11.2. The number of nitrogens with one attached hydrogen (secondary N) is 1. The molecule has 0 amide bonds. The highest BCUT2D eigenvalue weighted by atomic mass is 79.9. The van der Waals surface area contributed by atoms with Crippen LogP contribution in [-0.4, -0.2) is 19.1 Å². The molecule has 1 N–H and O–H groups in total. The highest BCUT2D eigenvalue weighted by Gasteiger charge is 2.29. The average Bonchev–Trinajstić information content (AvgIpc) is 2.28. The number of piperidine rings is 1. The number of hydrogen-bond donors (Lipinski definition) is 1. The summed E-state index contributed by atoms with van der Waals surface area (Å²) in [6.07, 6.45) is 4.03. The Bertz CT molecular complexity index is 417. The maximum atomic E-state index is 3.71. The maximum absolute atomic E-state index is 3.71. The smallest absolute Gasteiger partial charge is 0.0749 e. The molecule has 1 aromatic carbocycles. The van der Waals surface area contributed by atoms with Gasteiger partial charge in [-0.2, -0.15) is 0 Å². The normalized spacial score (nSPS) is 23.4. The van der Waals surface area contributed by atoms with Gasteiger partial charge in [-0.05, 0) is 59.8 Å². The number of aryl methyl sites for hydroxylation is 1. The topological polar surface area (TPSA) is 15.3 Å². The lowest BCUT2D eigenvalue weighted by atomic mass is 9.97. The van der Waals surface area contributed by atoms with E-state index in [2.05, 4.69) is 45.2 Å². The standard InChI is InChI=1S/C13H17BrN2/c1-9-6-11(14)13-12(7-9)15-8-10-4-2-3-5-16(10)13/h6-7,10,15H,2-5,8H2,1H3. The second-order valence-corrected chi connectivity index (χ2v) is 5.72. The molecule has 2 aliphatic rings. The minimum absolute atomic E-state index is 0.695. The van der Waals surface area contributed by atoms with Gasteiger partial charge in [0, 0.05) is 23.6 Å². The molecule has 16 heavy (non-hydrogen) atoms. The highest BCUT2D eigenvalue weighted by Crippen LogP contribution is 2.41. The number of fused-ring (bicyclic) bond motifs is 3. The number of nitrogens with zero attached hydrogens (tertiary/aromatic N) is 1. The summed E-state index contributed by atoms with van der Waals surface area (Å²) in [4.78, 5) is 2.58. The quantitative estimate of drug-likeness (QED) is 0.782. The van der Waals surface area contributed by atoms with Crippen molar-refractivity contribution >= 4 is 27.3 Å². The predicted molar refractivity (Wildman–Crippen MR) is 72.4 cm³/mol. The number of rotatable bonds is 0. The fourth-order valence-corrected chi connectivity index (χ4v) is 3.70. The second kappa shape index (κ2) is 3.95. The van der Waals surface area contributed by atoms with Gasteiger partial charge < -0.3 is 10.2 Å². The van der Waals surface area contributed by atoms with Crippen LogP contribution in [0.1, 0.15) is 24.8 Å². The van der Waals surface area contributed by atoms with E-state index in [4.69, 9.17) is 0 Å². The van der Waals surface area contributed by atoms with E-state index in [0.717, 1.165) is 6.54 Å². The SMILES string of the molecule is Cc1cc(Br)c2c(c1)NCC1CCCCN21. The Morgan fingerprint density at radius 2 is 2.25 bits per heavy atom. The van der Waals surface area contributed by atoms with Crippen molar-refractivity contribution in [3.05, 3.63) is 22.2 Å². The molecule has 3 heteroatoms.